The molecule has 0 saturated carbocycles. The van der Waals surface area contributed by atoms with Gasteiger partial charge in [0.25, 0.3) is 10.1 Å². The van der Waals surface area contributed by atoms with Gasteiger partial charge in [0, 0.05) is 0 Å². The summed E-state index contributed by atoms with van der Waals surface area (Å²) in [4.78, 5) is 0. The molecule has 0 heterocycles. The van der Waals surface area contributed by atoms with Gasteiger partial charge in [-0.05, 0) is 12.3 Å². The molecule has 0 aliphatic heterocycles. The topological polar surface area (TPSA) is 54.4 Å². The van der Waals surface area contributed by atoms with E-state index in [0.717, 1.165) is 0 Å². The van der Waals surface area contributed by atoms with Gasteiger partial charge >= 0.3 is 29.6 Å². The van der Waals surface area contributed by atoms with Crippen LogP contribution in [0.3, 0.4) is 0 Å². The largest absolute Gasteiger partial charge is 1.00 e. The molecule has 0 aliphatic carbocycles. The molecule has 0 radical (unpaired) electrons. The Labute approximate surface area is 85.7 Å². The first-order valence-electron chi connectivity index (χ1n) is 2.87. The van der Waals surface area contributed by atoms with Crippen molar-refractivity contribution in [3.05, 3.63) is 0 Å². The van der Waals surface area contributed by atoms with Crippen molar-refractivity contribution in [2.75, 3.05) is 5.75 Å². The van der Waals surface area contributed by atoms with Crippen LogP contribution in [-0.2, 0) is 10.1 Å². The van der Waals surface area contributed by atoms with Crippen molar-refractivity contribution in [3.63, 3.8) is 0 Å². The summed E-state index contributed by atoms with van der Waals surface area (Å²) in [5.74, 6) is 0.205. The second kappa shape index (κ2) is 5.55. The molecular weight excluding hydrogens is 163 g/mol. The van der Waals surface area contributed by atoms with Crippen LogP contribution in [0.2, 0.25) is 0 Å². The minimum atomic E-state index is -3.72. The fourth-order valence-corrected chi connectivity index (χ4v) is 1.15. The standard InChI is InChI=1S/C5H12O3S.Na.H/c1-5(2)3-4-9(6,7)8;;/h5H,3-4H2,1-2H3,(H,6,7,8);;/q;+1;-1. The van der Waals surface area contributed by atoms with Gasteiger partial charge in [0.2, 0.25) is 0 Å². The zero-order valence-corrected chi connectivity index (χ0v) is 9.48. The second-order valence-corrected chi connectivity index (χ2v) is 4.04. The van der Waals surface area contributed by atoms with E-state index >= 15 is 0 Å². The third-order valence-corrected chi connectivity index (χ3v) is 1.70. The summed E-state index contributed by atoms with van der Waals surface area (Å²) in [7, 11) is -3.72. The fraction of sp³-hybridized carbons (Fsp3) is 1.00. The minimum absolute atomic E-state index is 0. The molecule has 0 spiro atoms. The summed E-state index contributed by atoms with van der Waals surface area (Å²) < 4.78 is 28.4. The number of hydrogen-bond acceptors (Lipinski definition) is 2. The van der Waals surface area contributed by atoms with Gasteiger partial charge in [-0.15, -0.1) is 0 Å². The van der Waals surface area contributed by atoms with Crippen LogP contribution in [0.5, 0.6) is 0 Å². The van der Waals surface area contributed by atoms with Crippen LogP contribution in [0.25, 0.3) is 0 Å². The molecule has 0 aromatic heterocycles. The normalized spacial score (nSPS) is 11.2. The molecule has 58 valence electrons. The van der Waals surface area contributed by atoms with E-state index in [0.29, 0.717) is 12.3 Å². The van der Waals surface area contributed by atoms with Gasteiger partial charge in [-0.3, -0.25) is 4.55 Å². The molecule has 5 heteroatoms. The zero-order valence-electron chi connectivity index (χ0n) is 7.66. The van der Waals surface area contributed by atoms with Crippen LogP contribution in [0.1, 0.15) is 21.7 Å². The molecule has 0 fully saturated rings. The average Bonchev–Trinajstić information content (AvgIpc) is 1.59. The average molecular weight is 176 g/mol. The van der Waals surface area contributed by atoms with Crippen LogP contribution in [0.15, 0.2) is 0 Å². The van der Waals surface area contributed by atoms with E-state index in [4.69, 9.17) is 4.55 Å². The molecular formula is C5H13NaO3S. The molecule has 0 aromatic rings. The maximum absolute atomic E-state index is 10.1. The molecule has 0 saturated heterocycles. The molecule has 0 amide bonds. The summed E-state index contributed by atoms with van der Waals surface area (Å²) in [5, 5.41) is 0. The number of rotatable bonds is 3. The van der Waals surface area contributed by atoms with Crippen molar-refractivity contribution in [1.29, 1.82) is 0 Å². The van der Waals surface area contributed by atoms with Crippen LogP contribution in [-0.4, -0.2) is 18.7 Å². The Morgan fingerprint density at radius 2 is 1.90 bits per heavy atom. The van der Waals surface area contributed by atoms with Crippen LogP contribution >= 0.6 is 0 Å². The Bertz CT molecular complexity index is 167. The van der Waals surface area contributed by atoms with E-state index in [1.165, 1.54) is 0 Å². The van der Waals surface area contributed by atoms with Crippen LogP contribution in [0, 0.1) is 5.92 Å². The SMILES string of the molecule is CC(C)CCS(=O)(=O)O.[H-].[Na+]. The molecule has 10 heavy (non-hydrogen) atoms. The summed E-state index contributed by atoms with van der Waals surface area (Å²) in [6.45, 7) is 3.82. The molecule has 3 nitrogen and oxygen atoms in total. The smallest absolute Gasteiger partial charge is 1.00 e. The van der Waals surface area contributed by atoms with Crippen LogP contribution < -0.4 is 29.6 Å². The predicted octanol–water partition coefficient (Wildman–Crippen LogP) is -1.96. The monoisotopic (exact) mass is 176 g/mol. The summed E-state index contributed by atoms with van der Waals surface area (Å²) in [6, 6.07) is 0. The quantitative estimate of drug-likeness (QED) is 0.401. The van der Waals surface area contributed by atoms with Crippen LogP contribution in [0.4, 0.5) is 0 Å². The van der Waals surface area contributed by atoms with Crippen molar-refractivity contribution >= 4 is 10.1 Å². The van der Waals surface area contributed by atoms with E-state index in [2.05, 4.69) is 0 Å². The van der Waals surface area contributed by atoms with E-state index in [-0.39, 0.29) is 36.7 Å². The van der Waals surface area contributed by atoms with Gasteiger partial charge in [-0.2, -0.15) is 8.42 Å². The predicted molar refractivity (Wildman–Crippen MR) is 37.0 cm³/mol. The first-order chi connectivity index (χ1) is 3.92. The molecule has 0 aromatic carbocycles. The molecule has 0 bridgehead atoms. The van der Waals surface area contributed by atoms with E-state index in [1.807, 2.05) is 13.8 Å². The maximum atomic E-state index is 10.1. The van der Waals surface area contributed by atoms with E-state index in [1.54, 1.807) is 0 Å². The minimum Gasteiger partial charge on any atom is -1.00 e. The first-order valence-corrected chi connectivity index (χ1v) is 4.48. The van der Waals surface area contributed by atoms with Gasteiger partial charge in [0.15, 0.2) is 0 Å². The van der Waals surface area contributed by atoms with E-state index in [9.17, 15) is 8.42 Å². The van der Waals surface area contributed by atoms with Crippen molar-refractivity contribution in [1.82, 2.24) is 0 Å². The zero-order chi connectivity index (χ0) is 7.49. The molecule has 0 atom stereocenters. The Balaban J connectivity index is -0.000000320. The molecule has 0 aliphatic rings. The Hall–Kier alpha value is 0.910. The second-order valence-electron chi connectivity index (χ2n) is 2.47. The summed E-state index contributed by atoms with van der Waals surface area (Å²) >= 11 is 0. The molecule has 1 N–H and O–H groups in total. The van der Waals surface area contributed by atoms with Crippen molar-refractivity contribution < 1.29 is 44.0 Å². The van der Waals surface area contributed by atoms with Crippen molar-refractivity contribution in [2.24, 2.45) is 5.92 Å². The third-order valence-electron chi connectivity index (χ3n) is 0.953. The van der Waals surface area contributed by atoms with Crippen molar-refractivity contribution in [2.45, 2.75) is 20.3 Å². The van der Waals surface area contributed by atoms with E-state index < -0.39 is 10.1 Å². The Kier molecular flexibility index (Phi) is 7.49. The first kappa shape index (κ1) is 13.5. The Morgan fingerprint density at radius 3 is 2.00 bits per heavy atom. The maximum Gasteiger partial charge on any atom is 1.00 e. The summed E-state index contributed by atoms with van der Waals surface area (Å²) in [6.07, 6.45) is 0.527. The van der Waals surface area contributed by atoms with Gasteiger partial charge in [-0.25, -0.2) is 0 Å². The van der Waals surface area contributed by atoms with Crippen molar-refractivity contribution in [3.8, 4) is 0 Å². The van der Waals surface area contributed by atoms with Gasteiger partial charge < -0.3 is 1.43 Å². The van der Waals surface area contributed by atoms with Gasteiger partial charge in [0.1, 0.15) is 0 Å². The number of hydrogen-bond donors (Lipinski definition) is 1. The molecule has 0 rings (SSSR count). The summed E-state index contributed by atoms with van der Waals surface area (Å²) in [5.41, 5.74) is 0. The van der Waals surface area contributed by atoms with Gasteiger partial charge in [-0.1, -0.05) is 13.8 Å². The van der Waals surface area contributed by atoms with Gasteiger partial charge in [0.05, 0.1) is 5.75 Å². The third kappa shape index (κ3) is 11.7. The fourth-order valence-electron chi connectivity index (χ4n) is 0.385. The Morgan fingerprint density at radius 1 is 1.50 bits per heavy atom. The molecule has 0 unspecified atom stereocenters.